The van der Waals surface area contributed by atoms with E-state index in [9.17, 15) is 0 Å². The van der Waals surface area contributed by atoms with Crippen molar-refractivity contribution in [3.63, 3.8) is 0 Å². The molecule has 1 rings (SSSR count). The molecule has 5 heteroatoms. The third-order valence-electron chi connectivity index (χ3n) is 2.16. The van der Waals surface area contributed by atoms with Crippen LogP contribution in [0.3, 0.4) is 0 Å². The first-order valence-electron chi connectivity index (χ1n) is 5.15. The number of imidazole rings is 1. The molecule has 0 radical (unpaired) electrons. The van der Waals surface area contributed by atoms with Gasteiger partial charge in [0.15, 0.2) is 0 Å². The Morgan fingerprint density at radius 3 is 2.93 bits per heavy atom. The van der Waals surface area contributed by atoms with Crippen molar-refractivity contribution in [1.82, 2.24) is 9.97 Å². The number of aliphatic hydroxyl groups excluding tert-OH is 1. The predicted molar refractivity (Wildman–Crippen MR) is 63.2 cm³/mol. The molecule has 4 N–H and O–H groups in total. The van der Waals surface area contributed by atoms with Crippen LogP contribution in [0.5, 0.6) is 0 Å². The largest absolute Gasteiger partial charge is 0.395 e. The van der Waals surface area contributed by atoms with Crippen LogP contribution in [0.4, 0.5) is 0 Å². The van der Waals surface area contributed by atoms with Gasteiger partial charge < -0.3 is 15.8 Å². The summed E-state index contributed by atoms with van der Waals surface area (Å²) in [5.41, 5.74) is 6.63. The molecule has 0 aromatic carbocycles. The summed E-state index contributed by atoms with van der Waals surface area (Å²) in [5.74, 6) is 1.02. The average Bonchev–Trinajstić information content (AvgIpc) is 2.62. The highest BCUT2D eigenvalue weighted by Crippen LogP contribution is 2.03. The second-order valence-corrected chi connectivity index (χ2v) is 3.61. The van der Waals surface area contributed by atoms with Crippen LogP contribution >= 0.6 is 12.4 Å². The van der Waals surface area contributed by atoms with Crippen molar-refractivity contribution in [3.05, 3.63) is 17.7 Å². The molecule has 88 valence electrons. The monoisotopic (exact) mass is 233 g/mol. The smallest absolute Gasteiger partial charge is 0.106 e. The van der Waals surface area contributed by atoms with Gasteiger partial charge in [-0.3, -0.25) is 0 Å². The lowest BCUT2D eigenvalue weighted by atomic mass is 10.2. The molecule has 1 aromatic rings. The van der Waals surface area contributed by atoms with E-state index in [0.29, 0.717) is 6.42 Å². The standard InChI is InChI=1S/C10H19N3O.ClH/c1-2-3-4-10-12-6-9(13-10)5-8(11)7-14;/h6,8,14H,2-5,7,11H2,1H3,(H,12,13);1H. The number of aliphatic hydroxyl groups is 1. The van der Waals surface area contributed by atoms with E-state index in [1.165, 1.54) is 6.42 Å². The molecular weight excluding hydrogens is 214 g/mol. The summed E-state index contributed by atoms with van der Waals surface area (Å²) >= 11 is 0. The van der Waals surface area contributed by atoms with Gasteiger partial charge in [0.1, 0.15) is 5.82 Å². The third-order valence-corrected chi connectivity index (χ3v) is 2.16. The molecule has 0 spiro atoms. The minimum absolute atomic E-state index is 0. The number of aromatic nitrogens is 2. The molecule has 1 atom stereocenters. The van der Waals surface area contributed by atoms with E-state index in [1.807, 2.05) is 0 Å². The van der Waals surface area contributed by atoms with E-state index in [4.69, 9.17) is 10.8 Å². The number of aryl methyl sites for hydroxylation is 1. The number of hydrogen-bond acceptors (Lipinski definition) is 3. The number of rotatable bonds is 6. The van der Waals surface area contributed by atoms with Gasteiger partial charge in [0.25, 0.3) is 0 Å². The fraction of sp³-hybridized carbons (Fsp3) is 0.700. The number of H-pyrrole nitrogens is 1. The van der Waals surface area contributed by atoms with Gasteiger partial charge in [-0.1, -0.05) is 13.3 Å². The summed E-state index contributed by atoms with van der Waals surface area (Å²) in [6.07, 6.45) is 5.78. The Kier molecular flexibility index (Phi) is 7.38. The predicted octanol–water partition coefficient (Wildman–Crippen LogP) is 1.04. The van der Waals surface area contributed by atoms with E-state index in [0.717, 1.165) is 24.4 Å². The Morgan fingerprint density at radius 1 is 1.60 bits per heavy atom. The molecule has 0 amide bonds. The number of halogens is 1. The molecule has 1 aromatic heterocycles. The summed E-state index contributed by atoms with van der Waals surface area (Å²) < 4.78 is 0. The van der Waals surface area contributed by atoms with E-state index < -0.39 is 0 Å². The lowest BCUT2D eigenvalue weighted by Gasteiger charge is -2.04. The summed E-state index contributed by atoms with van der Waals surface area (Å²) in [5, 5.41) is 8.79. The molecule has 4 nitrogen and oxygen atoms in total. The summed E-state index contributed by atoms with van der Waals surface area (Å²) in [6, 6.07) is -0.186. The molecule has 0 fully saturated rings. The Bertz CT molecular complexity index is 265. The number of nitrogens with two attached hydrogens (primary N) is 1. The van der Waals surface area contributed by atoms with Crippen LogP contribution in [0, 0.1) is 0 Å². The van der Waals surface area contributed by atoms with Crippen LogP contribution in [0.15, 0.2) is 6.20 Å². The maximum absolute atomic E-state index is 8.79. The van der Waals surface area contributed by atoms with Crippen LogP contribution in [-0.4, -0.2) is 27.7 Å². The zero-order chi connectivity index (χ0) is 10.4. The molecule has 0 saturated heterocycles. The first-order chi connectivity index (χ1) is 6.76. The topological polar surface area (TPSA) is 74.9 Å². The van der Waals surface area contributed by atoms with E-state index in [1.54, 1.807) is 6.20 Å². The highest BCUT2D eigenvalue weighted by molar-refractivity contribution is 5.85. The molecule has 0 aliphatic heterocycles. The van der Waals surface area contributed by atoms with Crippen LogP contribution in [-0.2, 0) is 12.8 Å². The second kappa shape index (κ2) is 7.68. The van der Waals surface area contributed by atoms with E-state index in [-0.39, 0.29) is 25.1 Å². The van der Waals surface area contributed by atoms with Crippen molar-refractivity contribution in [2.24, 2.45) is 5.73 Å². The molecule has 15 heavy (non-hydrogen) atoms. The maximum atomic E-state index is 8.79. The van der Waals surface area contributed by atoms with Gasteiger partial charge in [0.05, 0.1) is 6.61 Å². The Hall–Kier alpha value is -0.580. The lowest BCUT2D eigenvalue weighted by Crippen LogP contribution is -2.26. The van der Waals surface area contributed by atoms with Gasteiger partial charge >= 0.3 is 0 Å². The van der Waals surface area contributed by atoms with Crippen molar-refractivity contribution in [3.8, 4) is 0 Å². The molecule has 0 aliphatic carbocycles. The Morgan fingerprint density at radius 2 is 2.33 bits per heavy atom. The van der Waals surface area contributed by atoms with E-state index >= 15 is 0 Å². The average molecular weight is 234 g/mol. The molecule has 0 saturated carbocycles. The molecular formula is C10H20ClN3O. The number of hydrogen-bond donors (Lipinski definition) is 3. The lowest BCUT2D eigenvalue weighted by molar-refractivity contribution is 0.264. The Balaban J connectivity index is 0.00000196. The minimum Gasteiger partial charge on any atom is -0.395 e. The third kappa shape index (κ3) is 5.16. The summed E-state index contributed by atoms with van der Waals surface area (Å²) in [6.45, 7) is 2.18. The number of nitrogens with zero attached hydrogens (tertiary/aromatic N) is 1. The quantitative estimate of drug-likeness (QED) is 0.687. The molecule has 1 heterocycles. The zero-order valence-electron chi connectivity index (χ0n) is 9.07. The van der Waals surface area contributed by atoms with Crippen molar-refractivity contribution in [2.45, 2.75) is 38.6 Å². The van der Waals surface area contributed by atoms with Crippen molar-refractivity contribution >= 4 is 12.4 Å². The van der Waals surface area contributed by atoms with Gasteiger partial charge in [0.2, 0.25) is 0 Å². The van der Waals surface area contributed by atoms with Gasteiger partial charge in [-0.15, -0.1) is 12.4 Å². The first kappa shape index (κ1) is 14.4. The highest BCUT2D eigenvalue weighted by atomic mass is 35.5. The first-order valence-corrected chi connectivity index (χ1v) is 5.15. The van der Waals surface area contributed by atoms with Gasteiger partial charge in [-0.2, -0.15) is 0 Å². The highest BCUT2D eigenvalue weighted by Gasteiger charge is 2.05. The molecule has 0 bridgehead atoms. The SMILES string of the molecule is CCCCc1ncc(CC(N)CO)[nH]1.Cl. The van der Waals surface area contributed by atoms with Gasteiger partial charge in [-0.25, -0.2) is 4.98 Å². The zero-order valence-corrected chi connectivity index (χ0v) is 9.89. The second-order valence-electron chi connectivity index (χ2n) is 3.61. The summed E-state index contributed by atoms with van der Waals surface area (Å²) in [4.78, 5) is 7.46. The normalized spacial score (nSPS) is 12.2. The fourth-order valence-corrected chi connectivity index (χ4v) is 1.33. The fourth-order valence-electron chi connectivity index (χ4n) is 1.33. The number of nitrogens with one attached hydrogen (secondary N) is 1. The van der Waals surface area contributed by atoms with Crippen molar-refractivity contribution in [2.75, 3.05) is 6.61 Å². The van der Waals surface area contributed by atoms with Crippen molar-refractivity contribution < 1.29 is 5.11 Å². The molecule has 0 aliphatic rings. The van der Waals surface area contributed by atoms with Crippen LogP contribution in [0.25, 0.3) is 0 Å². The minimum atomic E-state index is -0.186. The van der Waals surface area contributed by atoms with Crippen LogP contribution in [0.1, 0.15) is 31.3 Å². The maximum Gasteiger partial charge on any atom is 0.106 e. The van der Waals surface area contributed by atoms with Crippen LogP contribution in [0.2, 0.25) is 0 Å². The molecule has 1 unspecified atom stereocenters. The van der Waals surface area contributed by atoms with E-state index in [2.05, 4.69) is 16.9 Å². The van der Waals surface area contributed by atoms with Gasteiger partial charge in [-0.05, 0) is 6.42 Å². The number of unbranched alkanes of at least 4 members (excludes halogenated alkanes) is 1. The van der Waals surface area contributed by atoms with Crippen molar-refractivity contribution in [1.29, 1.82) is 0 Å². The van der Waals surface area contributed by atoms with Gasteiger partial charge in [0, 0.05) is 30.8 Å². The summed E-state index contributed by atoms with van der Waals surface area (Å²) in [7, 11) is 0. The Labute approximate surface area is 96.7 Å². The number of aromatic amines is 1. The van der Waals surface area contributed by atoms with Crippen LogP contribution < -0.4 is 5.73 Å².